The number of carbonyl (C=O) groups excluding carboxylic acids is 5. The van der Waals surface area contributed by atoms with E-state index in [1.165, 1.54) is 18.7 Å². The molecule has 5 amide bonds. The number of amides is 5. The summed E-state index contributed by atoms with van der Waals surface area (Å²) in [6.07, 6.45) is -1.24. The van der Waals surface area contributed by atoms with E-state index in [2.05, 4.69) is 16.0 Å². The summed E-state index contributed by atoms with van der Waals surface area (Å²) in [5.74, 6) is -2.25. The number of nitrogens with zero attached hydrogens (tertiary/aromatic N) is 1. The van der Waals surface area contributed by atoms with Crippen LogP contribution in [0, 0.1) is 5.92 Å². The molecular weight excluding hydrogens is 586 g/mol. The van der Waals surface area contributed by atoms with Crippen molar-refractivity contribution in [1.29, 1.82) is 0 Å². The number of likely N-dealkylation sites (tertiary alicyclic amines) is 1. The maximum absolute atomic E-state index is 13.3. The van der Waals surface area contributed by atoms with Crippen molar-refractivity contribution in [2.45, 2.75) is 103 Å². The number of alkyl carbamates (subject to hydrolysis) is 1. The van der Waals surface area contributed by atoms with Crippen molar-refractivity contribution in [3.05, 3.63) is 29.8 Å². The summed E-state index contributed by atoms with van der Waals surface area (Å²) in [6.45, 7) is 8.24. The number of methoxy groups -OCH3 is 1. The number of hydrogen-bond acceptors (Lipinski definition) is 9. The van der Waals surface area contributed by atoms with Gasteiger partial charge in [0.25, 0.3) is 0 Å². The number of primary amides is 1. The lowest BCUT2D eigenvalue weighted by atomic mass is 9.93. The van der Waals surface area contributed by atoms with Crippen LogP contribution in [-0.4, -0.2) is 101 Å². The van der Waals surface area contributed by atoms with Crippen LogP contribution >= 0.6 is 0 Å². The second kappa shape index (κ2) is 17.0. The first-order valence-corrected chi connectivity index (χ1v) is 15.2. The molecular formula is C31H49N5O9. The van der Waals surface area contributed by atoms with Crippen LogP contribution in [-0.2, 0) is 30.3 Å². The maximum atomic E-state index is 13.3. The molecule has 0 aromatic heterocycles. The Morgan fingerprint density at radius 2 is 1.64 bits per heavy atom. The molecule has 0 spiro atoms. The van der Waals surface area contributed by atoms with Gasteiger partial charge < -0.3 is 46.3 Å². The number of carbonyl (C=O) groups is 5. The molecule has 0 unspecified atom stereocenters. The molecule has 252 valence electrons. The molecule has 45 heavy (non-hydrogen) atoms. The Bertz CT molecular complexity index is 1170. The predicted octanol–water partition coefficient (Wildman–Crippen LogP) is 0.366. The van der Waals surface area contributed by atoms with Crippen molar-refractivity contribution >= 4 is 29.7 Å². The van der Waals surface area contributed by atoms with Gasteiger partial charge in [-0.25, -0.2) is 4.79 Å². The van der Waals surface area contributed by atoms with E-state index >= 15 is 0 Å². The Balaban J connectivity index is 2.04. The predicted molar refractivity (Wildman–Crippen MR) is 165 cm³/mol. The van der Waals surface area contributed by atoms with Crippen molar-refractivity contribution < 1.29 is 43.7 Å². The topological polar surface area (TPSA) is 210 Å². The number of nitrogens with two attached hydrogens (primary N) is 1. The van der Waals surface area contributed by atoms with E-state index in [1.54, 1.807) is 40.0 Å². The fraction of sp³-hybridized carbons (Fsp3) is 0.645. The zero-order valence-corrected chi connectivity index (χ0v) is 27.0. The van der Waals surface area contributed by atoms with Gasteiger partial charge in [0.15, 0.2) is 0 Å². The van der Waals surface area contributed by atoms with Crippen LogP contribution in [0.25, 0.3) is 0 Å². The van der Waals surface area contributed by atoms with Gasteiger partial charge in [0.1, 0.15) is 29.5 Å². The van der Waals surface area contributed by atoms with Gasteiger partial charge in [0.2, 0.25) is 23.6 Å². The molecule has 0 aliphatic carbocycles. The Kier molecular flexibility index (Phi) is 14.1. The summed E-state index contributed by atoms with van der Waals surface area (Å²) in [4.78, 5) is 65.0. The number of hydrogen-bond donors (Lipinski definition) is 6. The normalized spacial score (nSPS) is 18.1. The van der Waals surface area contributed by atoms with Gasteiger partial charge in [-0.1, -0.05) is 12.1 Å². The zero-order chi connectivity index (χ0) is 33.9. The van der Waals surface area contributed by atoms with E-state index in [0.29, 0.717) is 37.9 Å². The first-order chi connectivity index (χ1) is 21.0. The highest BCUT2D eigenvalue weighted by Crippen LogP contribution is 2.21. The summed E-state index contributed by atoms with van der Waals surface area (Å²) < 4.78 is 10.4. The van der Waals surface area contributed by atoms with Gasteiger partial charge in [0.05, 0.1) is 19.3 Å². The maximum Gasteiger partial charge on any atom is 0.408 e. The third kappa shape index (κ3) is 11.8. The van der Waals surface area contributed by atoms with Crippen LogP contribution < -0.4 is 26.4 Å². The summed E-state index contributed by atoms with van der Waals surface area (Å²) in [5.41, 5.74) is 5.40. The van der Waals surface area contributed by atoms with E-state index < -0.39 is 65.7 Å². The molecule has 1 aliphatic heterocycles. The second-order valence-corrected chi connectivity index (χ2v) is 12.4. The van der Waals surface area contributed by atoms with E-state index in [0.717, 1.165) is 5.56 Å². The van der Waals surface area contributed by atoms with Gasteiger partial charge in [-0.2, -0.15) is 0 Å². The summed E-state index contributed by atoms with van der Waals surface area (Å²) in [6, 6.07) is 3.85. The molecule has 14 nitrogen and oxygen atoms in total. The van der Waals surface area contributed by atoms with Gasteiger partial charge in [0, 0.05) is 19.0 Å². The Labute approximate surface area is 264 Å². The van der Waals surface area contributed by atoms with Crippen molar-refractivity contribution in [3.63, 3.8) is 0 Å². The molecule has 0 radical (unpaired) electrons. The van der Waals surface area contributed by atoms with Crippen molar-refractivity contribution in [3.8, 4) is 5.75 Å². The largest absolute Gasteiger partial charge is 0.497 e. The number of benzene rings is 1. The lowest BCUT2D eigenvalue weighted by Crippen LogP contribution is -2.57. The van der Waals surface area contributed by atoms with Crippen LogP contribution in [0.5, 0.6) is 5.75 Å². The molecule has 1 aliphatic rings. The lowest BCUT2D eigenvalue weighted by Gasteiger charge is -2.30. The van der Waals surface area contributed by atoms with Crippen molar-refractivity contribution in [2.75, 3.05) is 20.2 Å². The molecule has 14 heteroatoms. The molecule has 0 saturated carbocycles. The quantitative estimate of drug-likeness (QED) is 0.147. The zero-order valence-electron chi connectivity index (χ0n) is 27.0. The smallest absolute Gasteiger partial charge is 0.408 e. The van der Waals surface area contributed by atoms with Gasteiger partial charge in [-0.3, -0.25) is 19.2 Å². The van der Waals surface area contributed by atoms with Crippen LogP contribution in [0.4, 0.5) is 4.79 Å². The summed E-state index contributed by atoms with van der Waals surface area (Å²) >= 11 is 0. The fourth-order valence-corrected chi connectivity index (χ4v) is 5.06. The average Bonchev–Trinajstić information content (AvgIpc) is 3.45. The van der Waals surface area contributed by atoms with Crippen LogP contribution in [0.2, 0.25) is 0 Å². The minimum Gasteiger partial charge on any atom is -0.497 e. The Morgan fingerprint density at radius 3 is 2.18 bits per heavy atom. The molecule has 1 aromatic rings. The first-order valence-electron chi connectivity index (χ1n) is 15.2. The van der Waals surface area contributed by atoms with Crippen LogP contribution in [0.15, 0.2) is 24.3 Å². The van der Waals surface area contributed by atoms with Gasteiger partial charge in [-0.05, 0) is 84.4 Å². The Morgan fingerprint density at radius 1 is 1.02 bits per heavy atom. The molecule has 1 heterocycles. The summed E-state index contributed by atoms with van der Waals surface area (Å²) in [7, 11) is 1.55. The standard InChI is InChI=1S/C31H49N5O9/c1-18(37)24(26(32)39)34-27(40)21(17-20-11-13-22(44-6)14-12-20)9-7-15-33-28(41)23-10-8-16-36(23)29(42)25(19(2)38)35-30(43)45-31(3,4)5/h11-14,18-19,21,23-25,37-38H,7-10,15-17H2,1-6H3,(H2,32,39)(H,33,41)(H,34,40)(H,35,43)/t18-,19-,21-,23+,24+,25+/m1/s1. The number of ether oxygens (including phenoxy) is 2. The van der Waals surface area contributed by atoms with Crippen LogP contribution in [0.1, 0.15) is 65.9 Å². The van der Waals surface area contributed by atoms with Crippen LogP contribution in [0.3, 0.4) is 0 Å². The molecule has 0 bridgehead atoms. The van der Waals surface area contributed by atoms with Crippen molar-refractivity contribution in [2.24, 2.45) is 11.7 Å². The molecule has 1 fully saturated rings. The molecule has 1 saturated heterocycles. The van der Waals surface area contributed by atoms with Gasteiger partial charge >= 0.3 is 6.09 Å². The molecule has 6 atom stereocenters. The third-order valence-corrected chi connectivity index (χ3v) is 7.39. The SMILES string of the molecule is COc1ccc(C[C@@H](CCCNC(=O)[C@@H]2CCCN2C(=O)[C@@H](NC(=O)OC(C)(C)C)[C@@H](C)O)C(=O)N[C@H](C(N)=O)[C@@H](C)O)cc1. The number of nitrogens with one attached hydrogen (secondary N) is 3. The minimum absolute atomic E-state index is 0.204. The lowest BCUT2D eigenvalue weighted by molar-refractivity contribution is -0.142. The highest BCUT2D eigenvalue weighted by molar-refractivity contribution is 5.92. The summed E-state index contributed by atoms with van der Waals surface area (Å²) in [5, 5.41) is 27.9. The second-order valence-electron chi connectivity index (χ2n) is 12.4. The van der Waals surface area contributed by atoms with E-state index in [1.807, 2.05) is 12.1 Å². The first kappa shape index (κ1) is 37.3. The molecule has 7 N–H and O–H groups in total. The molecule has 2 rings (SSSR count). The third-order valence-electron chi connectivity index (χ3n) is 7.39. The highest BCUT2D eigenvalue weighted by atomic mass is 16.6. The highest BCUT2D eigenvalue weighted by Gasteiger charge is 2.39. The van der Waals surface area contributed by atoms with Crippen molar-refractivity contribution in [1.82, 2.24) is 20.9 Å². The van der Waals surface area contributed by atoms with E-state index in [-0.39, 0.29) is 19.0 Å². The molecule has 1 aromatic carbocycles. The monoisotopic (exact) mass is 635 g/mol. The average molecular weight is 636 g/mol. The van der Waals surface area contributed by atoms with Gasteiger partial charge in [-0.15, -0.1) is 0 Å². The number of aliphatic hydroxyl groups is 2. The fourth-order valence-electron chi connectivity index (χ4n) is 5.06. The number of rotatable bonds is 15. The Hall–Kier alpha value is -3.91. The number of aliphatic hydroxyl groups excluding tert-OH is 2. The minimum atomic E-state index is -1.30. The van der Waals surface area contributed by atoms with E-state index in [9.17, 15) is 34.2 Å². The van der Waals surface area contributed by atoms with E-state index in [4.69, 9.17) is 15.2 Å².